The molecule has 19 heavy (non-hydrogen) atoms. The summed E-state index contributed by atoms with van der Waals surface area (Å²) in [4.78, 5) is 0. The van der Waals surface area contributed by atoms with Crippen molar-refractivity contribution in [2.75, 3.05) is 6.54 Å². The van der Waals surface area contributed by atoms with Gasteiger partial charge in [0.2, 0.25) is 0 Å². The zero-order valence-electron chi connectivity index (χ0n) is 13.7. The second-order valence-electron chi connectivity index (χ2n) is 7.65. The second kappa shape index (κ2) is 5.76. The maximum atomic E-state index is 6.02. The summed E-state index contributed by atoms with van der Waals surface area (Å²) in [5.74, 6) is 2.88. The maximum absolute atomic E-state index is 6.02. The van der Waals surface area contributed by atoms with Crippen molar-refractivity contribution in [2.45, 2.75) is 79.1 Å². The van der Waals surface area contributed by atoms with Crippen LogP contribution in [0.1, 0.15) is 79.1 Å². The van der Waals surface area contributed by atoms with Gasteiger partial charge in [-0.2, -0.15) is 0 Å². The molecule has 2 aliphatic rings. The van der Waals surface area contributed by atoms with Crippen LogP contribution in [0.25, 0.3) is 0 Å². The normalized spacial score (nSPS) is 46.3. The molecule has 0 spiro atoms. The summed E-state index contributed by atoms with van der Waals surface area (Å²) in [6, 6.07) is 0. The fourth-order valence-corrected chi connectivity index (χ4v) is 5.77. The molecule has 0 heterocycles. The SMILES string of the molecule is CCCC1C(C)(CC)C1(CCN)C1CCC(C)CC1. The first-order valence-electron chi connectivity index (χ1n) is 8.76. The molecule has 3 atom stereocenters. The van der Waals surface area contributed by atoms with Crippen LogP contribution >= 0.6 is 0 Å². The fraction of sp³-hybridized carbons (Fsp3) is 1.00. The van der Waals surface area contributed by atoms with Crippen molar-refractivity contribution in [1.82, 2.24) is 0 Å². The fourth-order valence-electron chi connectivity index (χ4n) is 5.77. The molecule has 2 fully saturated rings. The standard InChI is InChI=1S/C18H35N/c1-5-7-16-17(4,6-2)18(16,12-13-19)15-10-8-14(3)9-11-15/h14-16H,5-13,19H2,1-4H3. The van der Waals surface area contributed by atoms with Gasteiger partial charge in [-0.1, -0.05) is 47.0 Å². The van der Waals surface area contributed by atoms with Gasteiger partial charge < -0.3 is 5.73 Å². The summed E-state index contributed by atoms with van der Waals surface area (Å²) in [5, 5.41) is 0. The molecule has 0 aliphatic heterocycles. The van der Waals surface area contributed by atoms with Gasteiger partial charge in [0.15, 0.2) is 0 Å². The van der Waals surface area contributed by atoms with E-state index in [1.165, 1.54) is 51.4 Å². The summed E-state index contributed by atoms with van der Waals surface area (Å²) >= 11 is 0. The van der Waals surface area contributed by atoms with E-state index in [9.17, 15) is 0 Å². The molecule has 2 aliphatic carbocycles. The molecule has 0 saturated heterocycles. The summed E-state index contributed by atoms with van der Waals surface area (Å²) in [5.41, 5.74) is 7.22. The predicted octanol–water partition coefficient (Wildman–Crippen LogP) is 4.99. The van der Waals surface area contributed by atoms with Gasteiger partial charge in [-0.25, -0.2) is 0 Å². The van der Waals surface area contributed by atoms with Crippen LogP contribution in [0.4, 0.5) is 0 Å². The summed E-state index contributed by atoms with van der Waals surface area (Å²) < 4.78 is 0. The first-order chi connectivity index (χ1) is 9.06. The van der Waals surface area contributed by atoms with Gasteiger partial charge in [-0.3, -0.25) is 0 Å². The molecule has 2 rings (SSSR count). The van der Waals surface area contributed by atoms with E-state index in [0.29, 0.717) is 10.8 Å². The lowest BCUT2D eigenvalue weighted by molar-refractivity contribution is 0.140. The Morgan fingerprint density at radius 3 is 2.21 bits per heavy atom. The van der Waals surface area contributed by atoms with Crippen LogP contribution in [0.2, 0.25) is 0 Å². The Bertz CT molecular complexity index is 292. The van der Waals surface area contributed by atoms with E-state index in [-0.39, 0.29) is 0 Å². The van der Waals surface area contributed by atoms with E-state index in [1.54, 1.807) is 0 Å². The van der Waals surface area contributed by atoms with Gasteiger partial charge in [0.05, 0.1) is 0 Å². The van der Waals surface area contributed by atoms with Crippen LogP contribution in [-0.4, -0.2) is 6.54 Å². The first kappa shape index (κ1) is 15.4. The average Bonchev–Trinajstić information content (AvgIpc) is 2.92. The lowest BCUT2D eigenvalue weighted by Gasteiger charge is -2.36. The number of hydrogen-bond donors (Lipinski definition) is 1. The molecular formula is C18H35N. The highest BCUT2D eigenvalue weighted by Gasteiger charge is 2.72. The smallest absolute Gasteiger partial charge is 0.00716 e. The minimum absolute atomic E-state index is 0.591. The number of nitrogens with two attached hydrogens (primary N) is 1. The Labute approximate surface area is 120 Å². The van der Waals surface area contributed by atoms with Gasteiger partial charge >= 0.3 is 0 Å². The van der Waals surface area contributed by atoms with Crippen molar-refractivity contribution in [3.05, 3.63) is 0 Å². The molecule has 112 valence electrons. The molecule has 2 saturated carbocycles. The topological polar surface area (TPSA) is 26.0 Å². The third-order valence-electron chi connectivity index (χ3n) is 6.99. The molecular weight excluding hydrogens is 230 g/mol. The summed E-state index contributed by atoms with van der Waals surface area (Å²) in [6.07, 6.45) is 11.2. The molecule has 0 aromatic carbocycles. The number of rotatable bonds is 6. The highest BCUT2D eigenvalue weighted by Crippen LogP contribution is 2.78. The van der Waals surface area contributed by atoms with Crippen molar-refractivity contribution < 1.29 is 0 Å². The van der Waals surface area contributed by atoms with E-state index in [4.69, 9.17) is 5.73 Å². The van der Waals surface area contributed by atoms with Crippen molar-refractivity contribution in [1.29, 1.82) is 0 Å². The average molecular weight is 265 g/mol. The third-order valence-corrected chi connectivity index (χ3v) is 6.99. The van der Waals surface area contributed by atoms with Crippen LogP contribution in [0, 0.1) is 28.6 Å². The molecule has 1 nitrogen and oxygen atoms in total. The Hall–Kier alpha value is -0.0400. The molecule has 2 N–H and O–H groups in total. The molecule has 0 amide bonds. The number of hydrogen-bond acceptors (Lipinski definition) is 1. The quantitative estimate of drug-likeness (QED) is 0.719. The van der Waals surface area contributed by atoms with E-state index in [2.05, 4.69) is 27.7 Å². The molecule has 1 heteroatoms. The van der Waals surface area contributed by atoms with Crippen LogP contribution in [0.3, 0.4) is 0 Å². The molecule has 0 aromatic rings. The van der Waals surface area contributed by atoms with Crippen molar-refractivity contribution in [3.8, 4) is 0 Å². The lowest BCUT2D eigenvalue weighted by atomic mass is 9.69. The minimum atomic E-state index is 0.591. The van der Waals surface area contributed by atoms with Crippen LogP contribution < -0.4 is 5.73 Å². The zero-order valence-corrected chi connectivity index (χ0v) is 13.7. The lowest BCUT2D eigenvalue weighted by Crippen LogP contribution is -2.29. The van der Waals surface area contributed by atoms with E-state index >= 15 is 0 Å². The van der Waals surface area contributed by atoms with Crippen LogP contribution in [0.5, 0.6) is 0 Å². The monoisotopic (exact) mass is 265 g/mol. The van der Waals surface area contributed by atoms with Gasteiger partial charge in [0, 0.05) is 0 Å². The Kier molecular flexibility index (Phi) is 4.65. The van der Waals surface area contributed by atoms with Gasteiger partial charge in [0.1, 0.15) is 0 Å². The van der Waals surface area contributed by atoms with Crippen molar-refractivity contribution in [3.63, 3.8) is 0 Å². The summed E-state index contributed by atoms with van der Waals surface area (Å²) in [6.45, 7) is 10.7. The van der Waals surface area contributed by atoms with E-state index in [0.717, 1.165) is 24.3 Å². The Balaban J connectivity index is 2.18. The zero-order chi connectivity index (χ0) is 14.1. The second-order valence-corrected chi connectivity index (χ2v) is 7.65. The van der Waals surface area contributed by atoms with Crippen molar-refractivity contribution in [2.24, 2.45) is 34.3 Å². The molecule has 0 aromatic heterocycles. The molecule has 3 unspecified atom stereocenters. The Morgan fingerprint density at radius 2 is 1.74 bits per heavy atom. The van der Waals surface area contributed by atoms with Gasteiger partial charge in [-0.15, -0.1) is 0 Å². The molecule has 0 bridgehead atoms. The van der Waals surface area contributed by atoms with Gasteiger partial charge in [-0.05, 0) is 67.2 Å². The van der Waals surface area contributed by atoms with Crippen molar-refractivity contribution >= 4 is 0 Å². The Morgan fingerprint density at radius 1 is 1.11 bits per heavy atom. The highest BCUT2D eigenvalue weighted by atomic mass is 14.8. The van der Waals surface area contributed by atoms with Crippen LogP contribution in [0.15, 0.2) is 0 Å². The minimum Gasteiger partial charge on any atom is -0.330 e. The van der Waals surface area contributed by atoms with Crippen LogP contribution in [-0.2, 0) is 0 Å². The van der Waals surface area contributed by atoms with Gasteiger partial charge in [0.25, 0.3) is 0 Å². The highest BCUT2D eigenvalue weighted by molar-refractivity contribution is 5.20. The first-order valence-corrected chi connectivity index (χ1v) is 8.76. The van der Waals surface area contributed by atoms with E-state index in [1.807, 2.05) is 0 Å². The summed E-state index contributed by atoms with van der Waals surface area (Å²) in [7, 11) is 0. The van der Waals surface area contributed by atoms with E-state index < -0.39 is 0 Å². The third kappa shape index (κ3) is 2.26. The largest absolute Gasteiger partial charge is 0.330 e. The predicted molar refractivity (Wildman–Crippen MR) is 84.0 cm³/mol. The molecule has 0 radical (unpaired) electrons. The maximum Gasteiger partial charge on any atom is -0.00716 e.